The fraction of sp³-hybridized carbons (Fsp3) is 0.353. The Balaban J connectivity index is 0.000000211. The molecule has 0 N–H and O–H groups in total. The van der Waals surface area contributed by atoms with Crippen molar-refractivity contribution in [1.29, 1.82) is 0 Å². The molecule has 34 heavy (non-hydrogen) atoms. The number of benzene rings is 3. The molecule has 2 unspecified atom stereocenters. The molecule has 180 valence electrons. The van der Waals surface area contributed by atoms with Gasteiger partial charge in [0.25, 0.3) is 0 Å². The summed E-state index contributed by atoms with van der Waals surface area (Å²) in [5, 5.41) is 0. The van der Waals surface area contributed by atoms with E-state index in [2.05, 4.69) is 127 Å². The van der Waals surface area contributed by atoms with Gasteiger partial charge in [-0.2, -0.15) is 0 Å². The summed E-state index contributed by atoms with van der Waals surface area (Å²) in [7, 11) is 0. The molecule has 0 nitrogen and oxygen atoms in total. The average molecular weight is 453 g/mol. The second-order valence-corrected chi connectivity index (χ2v) is 9.09. The van der Waals surface area contributed by atoms with E-state index < -0.39 is 0 Å². The summed E-state index contributed by atoms with van der Waals surface area (Å²) in [6.45, 7) is 19.5. The quantitative estimate of drug-likeness (QED) is 0.344. The first-order chi connectivity index (χ1) is 16.4. The average Bonchev–Trinajstić information content (AvgIpc) is 3.31. The lowest BCUT2D eigenvalue weighted by molar-refractivity contribution is 0.920. The SMILES string of the molecule is CC.CC1=C(C)C(C)c2ccccc21.CCC.Cc1ccccc1C1=Cc2ccccc2C1C. The Hall–Kier alpha value is -2.86. The fourth-order valence-corrected chi connectivity index (χ4v) is 4.69. The molecular weight excluding hydrogens is 408 g/mol. The molecule has 5 rings (SSSR count). The topological polar surface area (TPSA) is 0 Å². The van der Waals surface area contributed by atoms with Crippen LogP contribution in [0.4, 0.5) is 0 Å². The molecule has 3 aromatic carbocycles. The van der Waals surface area contributed by atoms with Crippen molar-refractivity contribution in [3.05, 3.63) is 112 Å². The highest BCUT2D eigenvalue weighted by molar-refractivity contribution is 5.92. The number of allylic oxidation sites excluding steroid dienone is 3. The Morgan fingerprint density at radius 1 is 0.618 bits per heavy atom. The highest BCUT2D eigenvalue weighted by Crippen LogP contribution is 2.42. The van der Waals surface area contributed by atoms with Gasteiger partial charge in [0, 0.05) is 11.8 Å². The number of hydrogen-bond donors (Lipinski definition) is 0. The van der Waals surface area contributed by atoms with E-state index in [9.17, 15) is 0 Å². The van der Waals surface area contributed by atoms with Gasteiger partial charge in [-0.3, -0.25) is 0 Å². The van der Waals surface area contributed by atoms with Crippen LogP contribution in [0.25, 0.3) is 17.2 Å². The molecule has 0 fully saturated rings. The van der Waals surface area contributed by atoms with E-state index in [-0.39, 0.29) is 0 Å². The van der Waals surface area contributed by atoms with Gasteiger partial charge in [0.1, 0.15) is 0 Å². The van der Waals surface area contributed by atoms with Crippen LogP contribution in [-0.2, 0) is 0 Å². The third-order valence-corrected chi connectivity index (χ3v) is 6.77. The zero-order chi connectivity index (χ0) is 25.3. The Morgan fingerprint density at radius 3 is 1.68 bits per heavy atom. The number of rotatable bonds is 1. The lowest BCUT2D eigenvalue weighted by Crippen LogP contribution is -1.94. The molecule has 0 heteroatoms. The first-order valence-electron chi connectivity index (χ1n) is 13.0. The van der Waals surface area contributed by atoms with Crippen molar-refractivity contribution in [2.45, 2.75) is 80.6 Å². The molecule has 2 aliphatic carbocycles. The molecule has 2 aliphatic rings. The van der Waals surface area contributed by atoms with E-state index in [1.165, 1.54) is 56.5 Å². The van der Waals surface area contributed by atoms with Crippen molar-refractivity contribution < 1.29 is 0 Å². The maximum absolute atomic E-state index is 2.34. The van der Waals surface area contributed by atoms with Gasteiger partial charge in [-0.1, -0.05) is 132 Å². The van der Waals surface area contributed by atoms with Crippen LogP contribution in [0.3, 0.4) is 0 Å². The van der Waals surface area contributed by atoms with Crippen molar-refractivity contribution in [3.8, 4) is 0 Å². The fourth-order valence-electron chi connectivity index (χ4n) is 4.69. The van der Waals surface area contributed by atoms with Crippen LogP contribution < -0.4 is 0 Å². The number of hydrogen-bond acceptors (Lipinski definition) is 0. The van der Waals surface area contributed by atoms with E-state index in [1.54, 1.807) is 0 Å². The van der Waals surface area contributed by atoms with Crippen molar-refractivity contribution in [2.75, 3.05) is 0 Å². The van der Waals surface area contributed by atoms with Crippen LogP contribution >= 0.6 is 0 Å². The zero-order valence-electron chi connectivity index (χ0n) is 22.9. The molecule has 0 aliphatic heterocycles. The Morgan fingerprint density at radius 2 is 1.12 bits per heavy atom. The molecule has 0 bridgehead atoms. The Kier molecular flexibility index (Phi) is 10.6. The minimum absolute atomic E-state index is 0.507. The molecule has 2 atom stereocenters. The summed E-state index contributed by atoms with van der Waals surface area (Å²) in [5.74, 6) is 1.13. The highest BCUT2D eigenvalue weighted by Gasteiger charge is 2.23. The zero-order valence-corrected chi connectivity index (χ0v) is 22.9. The standard InChI is InChI=1S/C17H16.C12H14.C3H8.C2H6/c1-12-7-3-5-9-15(12)17-11-14-8-4-6-10-16(14)13(17)2;1-8-9(2)11-6-4-5-7-12(11)10(8)3;1-3-2;1-2/h3-11,13H,1-2H3;4-7,9H,1-3H3;3H2,1-2H3;1-2H3. The normalized spacial score (nSPS) is 17.1. The third-order valence-electron chi connectivity index (χ3n) is 6.77. The van der Waals surface area contributed by atoms with Crippen LogP contribution in [-0.4, -0.2) is 0 Å². The Labute approximate surface area is 209 Å². The molecule has 0 radical (unpaired) electrons. The maximum Gasteiger partial charge on any atom is 0.00731 e. The second-order valence-electron chi connectivity index (χ2n) is 9.09. The minimum Gasteiger partial charge on any atom is -0.0683 e. The van der Waals surface area contributed by atoms with Gasteiger partial charge in [0.05, 0.1) is 0 Å². The monoisotopic (exact) mass is 452 g/mol. The number of aryl methyl sites for hydroxylation is 1. The predicted octanol–water partition coefficient (Wildman–Crippen LogP) is 10.7. The molecule has 0 amide bonds. The van der Waals surface area contributed by atoms with E-state index >= 15 is 0 Å². The summed E-state index contributed by atoms with van der Waals surface area (Å²) in [4.78, 5) is 0. The van der Waals surface area contributed by atoms with Crippen LogP contribution in [0.15, 0.2) is 78.4 Å². The summed E-state index contributed by atoms with van der Waals surface area (Å²) >= 11 is 0. The summed E-state index contributed by atoms with van der Waals surface area (Å²) in [5.41, 5.74) is 13.0. The molecule has 0 aromatic heterocycles. The van der Waals surface area contributed by atoms with Crippen LogP contribution in [0.1, 0.15) is 107 Å². The summed E-state index contributed by atoms with van der Waals surface area (Å²) < 4.78 is 0. The summed E-state index contributed by atoms with van der Waals surface area (Å²) in [6.07, 6.45) is 3.59. The van der Waals surface area contributed by atoms with E-state index in [1.807, 2.05) is 13.8 Å². The molecule has 0 saturated heterocycles. The maximum atomic E-state index is 2.34. The first-order valence-corrected chi connectivity index (χ1v) is 13.0. The van der Waals surface area contributed by atoms with Crippen molar-refractivity contribution in [1.82, 2.24) is 0 Å². The largest absolute Gasteiger partial charge is 0.0683 e. The molecule has 0 saturated carbocycles. The van der Waals surface area contributed by atoms with Crippen molar-refractivity contribution >= 4 is 17.2 Å². The molecule has 3 aromatic rings. The molecular formula is C34H44. The second kappa shape index (κ2) is 13.1. The van der Waals surface area contributed by atoms with Crippen molar-refractivity contribution in [3.63, 3.8) is 0 Å². The van der Waals surface area contributed by atoms with Gasteiger partial charge in [-0.25, -0.2) is 0 Å². The van der Waals surface area contributed by atoms with Crippen LogP contribution in [0.5, 0.6) is 0 Å². The lowest BCUT2D eigenvalue weighted by atomic mass is 9.91. The van der Waals surface area contributed by atoms with Gasteiger partial charge in [-0.15, -0.1) is 0 Å². The van der Waals surface area contributed by atoms with E-state index in [4.69, 9.17) is 0 Å². The first kappa shape index (κ1) is 27.4. The highest BCUT2D eigenvalue weighted by atomic mass is 14.3. The molecule has 0 heterocycles. The lowest BCUT2D eigenvalue weighted by Gasteiger charge is -2.13. The van der Waals surface area contributed by atoms with Crippen molar-refractivity contribution in [2.24, 2.45) is 0 Å². The van der Waals surface area contributed by atoms with Crippen LogP contribution in [0, 0.1) is 6.92 Å². The van der Waals surface area contributed by atoms with E-state index in [0.717, 1.165) is 0 Å². The van der Waals surface area contributed by atoms with Gasteiger partial charge in [0.15, 0.2) is 0 Å². The van der Waals surface area contributed by atoms with Gasteiger partial charge >= 0.3 is 0 Å². The van der Waals surface area contributed by atoms with Gasteiger partial charge in [-0.05, 0) is 65.3 Å². The number of fused-ring (bicyclic) bond motifs is 2. The predicted molar refractivity (Wildman–Crippen MR) is 154 cm³/mol. The summed E-state index contributed by atoms with van der Waals surface area (Å²) in [6, 6.07) is 26.0. The van der Waals surface area contributed by atoms with Gasteiger partial charge in [0.2, 0.25) is 0 Å². The van der Waals surface area contributed by atoms with Crippen LogP contribution in [0.2, 0.25) is 0 Å². The van der Waals surface area contributed by atoms with E-state index in [0.29, 0.717) is 11.8 Å². The molecule has 0 spiro atoms. The van der Waals surface area contributed by atoms with Gasteiger partial charge < -0.3 is 0 Å². The smallest absolute Gasteiger partial charge is 0.00731 e. The third kappa shape index (κ3) is 5.98. The Bertz CT molecular complexity index is 1130. The minimum atomic E-state index is 0.507.